The molecule has 1 aliphatic heterocycles. The molecule has 1 saturated heterocycles. The molecule has 0 aliphatic carbocycles. The zero-order valence-electron chi connectivity index (χ0n) is 17.6. The molecule has 158 valence electrons. The van der Waals surface area contributed by atoms with Crippen molar-refractivity contribution in [2.75, 3.05) is 19.6 Å². The Kier molecular flexibility index (Phi) is 7.22. The smallest absolute Gasteiger partial charge is 0.254 e. The van der Waals surface area contributed by atoms with E-state index in [4.69, 9.17) is 0 Å². The minimum Gasteiger partial charge on any atom is -0.350 e. The van der Waals surface area contributed by atoms with Gasteiger partial charge in [0.2, 0.25) is 5.91 Å². The lowest BCUT2D eigenvalue weighted by molar-refractivity contribution is -0.125. The molecule has 6 nitrogen and oxygen atoms in total. The van der Waals surface area contributed by atoms with E-state index in [1.807, 2.05) is 44.2 Å². The molecule has 0 spiro atoms. The van der Waals surface area contributed by atoms with Gasteiger partial charge in [0.25, 0.3) is 11.8 Å². The van der Waals surface area contributed by atoms with Gasteiger partial charge in [-0.2, -0.15) is 0 Å². The van der Waals surface area contributed by atoms with Crippen LogP contribution in [0.2, 0.25) is 0 Å². The summed E-state index contributed by atoms with van der Waals surface area (Å²) in [5.74, 6) is -0.232. The number of carbonyl (C=O) groups is 3. The number of hydrogen-bond acceptors (Lipinski definition) is 3. The number of nitrogens with zero attached hydrogens (tertiary/aromatic N) is 2. The summed E-state index contributed by atoms with van der Waals surface area (Å²) in [6.45, 7) is 6.22. The third-order valence-corrected chi connectivity index (χ3v) is 5.56. The van der Waals surface area contributed by atoms with Gasteiger partial charge in [-0.3, -0.25) is 14.4 Å². The first-order chi connectivity index (χ1) is 14.5. The minimum atomic E-state index is -0.443. The van der Waals surface area contributed by atoms with Gasteiger partial charge in [0.15, 0.2) is 0 Å². The van der Waals surface area contributed by atoms with Gasteiger partial charge in [0, 0.05) is 37.3 Å². The van der Waals surface area contributed by atoms with E-state index in [1.54, 1.807) is 34.1 Å². The second-order valence-corrected chi connectivity index (χ2v) is 7.41. The van der Waals surface area contributed by atoms with Crippen LogP contribution in [0.4, 0.5) is 0 Å². The fourth-order valence-electron chi connectivity index (χ4n) is 3.79. The molecule has 1 fully saturated rings. The quantitative estimate of drug-likeness (QED) is 0.767. The molecule has 3 rings (SSSR count). The molecule has 6 heteroatoms. The van der Waals surface area contributed by atoms with Crippen LogP contribution in [0.1, 0.15) is 53.0 Å². The Morgan fingerprint density at radius 3 is 2.27 bits per heavy atom. The van der Waals surface area contributed by atoms with Crippen LogP contribution in [0.3, 0.4) is 0 Å². The van der Waals surface area contributed by atoms with Gasteiger partial charge < -0.3 is 15.1 Å². The van der Waals surface area contributed by atoms with Crippen molar-refractivity contribution in [3.8, 4) is 0 Å². The Morgan fingerprint density at radius 1 is 0.967 bits per heavy atom. The maximum Gasteiger partial charge on any atom is 0.254 e. The number of rotatable bonds is 7. The fourth-order valence-corrected chi connectivity index (χ4v) is 3.79. The second kappa shape index (κ2) is 10.1. The predicted molar refractivity (Wildman–Crippen MR) is 116 cm³/mol. The lowest BCUT2D eigenvalue weighted by atomic mass is 10.1. The standard InChI is InChI=1S/C24H29N3O3/c1-3-26(4-2)23(29)20-14-12-18(13-15-20)17-25-22(28)21-11-8-16-27(21)24(30)19-9-6-5-7-10-19/h5-7,9-10,12-15,21H,3-4,8,11,16-17H2,1-2H3,(H,25,28). The molecule has 0 radical (unpaired) electrons. The summed E-state index contributed by atoms with van der Waals surface area (Å²) < 4.78 is 0. The van der Waals surface area contributed by atoms with Crippen molar-refractivity contribution in [3.05, 3.63) is 71.3 Å². The van der Waals surface area contributed by atoms with Crippen LogP contribution >= 0.6 is 0 Å². The van der Waals surface area contributed by atoms with Gasteiger partial charge in [-0.15, -0.1) is 0 Å². The van der Waals surface area contributed by atoms with Gasteiger partial charge in [-0.25, -0.2) is 0 Å². The zero-order valence-corrected chi connectivity index (χ0v) is 17.6. The highest BCUT2D eigenvalue weighted by Gasteiger charge is 2.34. The number of hydrogen-bond donors (Lipinski definition) is 1. The van der Waals surface area contributed by atoms with Crippen molar-refractivity contribution in [1.82, 2.24) is 15.1 Å². The SMILES string of the molecule is CCN(CC)C(=O)c1ccc(CNC(=O)C2CCCN2C(=O)c2ccccc2)cc1. The molecule has 1 heterocycles. The molecule has 0 bridgehead atoms. The monoisotopic (exact) mass is 407 g/mol. The molecule has 3 amide bonds. The molecular weight excluding hydrogens is 378 g/mol. The van der Waals surface area contributed by atoms with E-state index in [-0.39, 0.29) is 17.7 Å². The molecule has 1 aliphatic rings. The summed E-state index contributed by atoms with van der Waals surface area (Å²) in [7, 11) is 0. The first kappa shape index (κ1) is 21.6. The topological polar surface area (TPSA) is 69.7 Å². The number of likely N-dealkylation sites (tertiary alicyclic amines) is 1. The summed E-state index contributed by atoms with van der Waals surface area (Å²) in [6, 6.07) is 15.9. The van der Waals surface area contributed by atoms with Crippen LogP contribution in [0.25, 0.3) is 0 Å². The van der Waals surface area contributed by atoms with Crippen molar-refractivity contribution in [1.29, 1.82) is 0 Å². The Balaban J connectivity index is 1.58. The molecule has 30 heavy (non-hydrogen) atoms. The number of amides is 3. The van der Waals surface area contributed by atoms with E-state index < -0.39 is 6.04 Å². The lowest BCUT2D eigenvalue weighted by Crippen LogP contribution is -2.45. The second-order valence-electron chi connectivity index (χ2n) is 7.41. The van der Waals surface area contributed by atoms with Gasteiger partial charge in [-0.05, 0) is 56.5 Å². The Labute approximate surface area is 177 Å². The number of nitrogens with one attached hydrogen (secondary N) is 1. The van der Waals surface area contributed by atoms with E-state index in [1.165, 1.54) is 0 Å². The lowest BCUT2D eigenvalue weighted by Gasteiger charge is -2.24. The van der Waals surface area contributed by atoms with Gasteiger partial charge in [0.1, 0.15) is 6.04 Å². The third-order valence-electron chi connectivity index (χ3n) is 5.56. The first-order valence-electron chi connectivity index (χ1n) is 10.6. The molecule has 0 aromatic heterocycles. The van der Waals surface area contributed by atoms with Crippen LogP contribution in [0, 0.1) is 0 Å². The largest absolute Gasteiger partial charge is 0.350 e. The average Bonchev–Trinajstić information content (AvgIpc) is 3.28. The maximum absolute atomic E-state index is 12.8. The van der Waals surface area contributed by atoms with Crippen LogP contribution in [0.15, 0.2) is 54.6 Å². The van der Waals surface area contributed by atoms with Crippen molar-refractivity contribution < 1.29 is 14.4 Å². The third kappa shape index (κ3) is 4.87. The molecule has 1 N–H and O–H groups in total. The summed E-state index contributed by atoms with van der Waals surface area (Å²) >= 11 is 0. The van der Waals surface area contributed by atoms with Crippen molar-refractivity contribution in [2.45, 2.75) is 39.3 Å². The summed E-state index contributed by atoms with van der Waals surface area (Å²) in [4.78, 5) is 41.3. The van der Waals surface area contributed by atoms with Crippen LogP contribution in [-0.2, 0) is 11.3 Å². The van der Waals surface area contributed by atoms with Crippen LogP contribution < -0.4 is 5.32 Å². The van der Waals surface area contributed by atoms with Gasteiger partial charge >= 0.3 is 0 Å². The highest BCUT2D eigenvalue weighted by atomic mass is 16.2. The van der Waals surface area contributed by atoms with E-state index in [0.717, 1.165) is 12.0 Å². The van der Waals surface area contributed by atoms with E-state index in [2.05, 4.69) is 5.32 Å². The predicted octanol–water partition coefficient (Wildman–Crippen LogP) is 3.09. The van der Waals surface area contributed by atoms with E-state index in [9.17, 15) is 14.4 Å². The maximum atomic E-state index is 12.8. The Hall–Kier alpha value is -3.15. The summed E-state index contributed by atoms with van der Waals surface area (Å²) in [6.07, 6.45) is 1.49. The molecule has 2 aromatic carbocycles. The molecular formula is C24H29N3O3. The Morgan fingerprint density at radius 2 is 1.63 bits per heavy atom. The summed E-state index contributed by atoms with van der Waals surface area (Å²) in [5.41, 5.74) is 2.16. The van der Waals surface area contributed by atoms with E-state index in [0.29, 0.717) is 43.7 Å². The van der Waals surface area contributed by atoms with Crippen molar-refractivity contribution >= 4 is 17.7 Å². The van der Waals surface area contributed by atoms with Crippen molar-refractivity contribution in [2.24, 2.45) is 0 Å². The Bertz CT molecular complexity index is 876. The number of carbonyl (C=O) groups excluding carboxylic acids is 3. The first-order valence-corrected chi connectivity index (χ1v) is 10.6. The van der Waals surface area contributed by atoms with E-state index >= 15 is 0 Å². The van der Waals surface area contributed by atoms with Crippen LogP contribution in [0.5, 0.6) is 0 Å². The molecule has 1 unspecified atom stereocenters. The van der Waals surface area contributed by atoms with Gasteiger partial charge in [-0.1, -0.05) is 30.3 Å². The number of benzene rings is 2. The fraction of sp³-hybridized carbons (Fsp3) is 0.375. The molecule has 1 atom stereocenters. The van der Waals surface area contributed by atoms with Crippen LogP contribution in [-0.4, -0.2) is 53.2 Å². The van der Waals surface area contributed by atoms with Gasteiger partial charge in [0.05, 0.1) is 0 Å². The highest BCUT2D eigenvalue weighted by molar-refractivity contribution is 5.98. The highest BCUT2D eigenvalue weighted by Crippen LogP contribution is 2.20. The molecule has 0 saturated carbocycles. The van der Waals surface area contributed by atoms with Crippen molar-refractivity contribution in [3.63, 3.8) is 0 Å². The minimum absolute atomic E-state index is 0.0107. The zero-order chi connectivity index (χ0) is 21.5. The normalized spacial score (nSPS) is 15.7. The molecule has 2 aromatic rings. The summed E-state index contributed by atoms with van der Waals surface area (Å²) in [5, 5.41) is 2.94. The average molecular weight is 408 g/mol.